The van der Waals surface area contributed by atoms with Crippen molar-refractivity contribution in [1.82, 2.24) is 4.37 Å². The Bertz CT molecular complexity index is 679. The molecule has 0 atom stereocenters. The van der Waals surface area contributed by atoms with Gasteiger partial charge in [0, 0.05) is 16.1 Å². The third kappa shape index (κ3) is 3.15. The molecule has 0 unspecified atom stereocenters. The minimum Gasteiger partial charge on any atom is -0.192 e. The quantitative estimate of drug-likeness (QED) is 0.485. The Morgan fingerprint density at radius 2 is 2.06 bits per heavy atom. The van der Waals surface area contributed by atoms with E-state index in [-0.39, 0.29) is 5.17 Å². The van der Waals surface area contributed by atoms with Crippen molar-refractivity contribution >= 4 is 49.2 Å². The summed E-state index contributed by atoms with van der Waals surface area (Å²) in [5, 5.41) is 17.0. The second-order valence-electron chi connectivity index (χ2n) is 3.03. The fourth-order valence-corrected chi connectivity index (χ4v) is 3.12. The number of hydrogen-bond donors (Lipinski definition) is 0. The van der Waals surface area contributed by atoms with E-state index in [1.165, 1.54) is 20.9 Å². The van der Waals surface area contributed by atoms with E-state index < -0.39 is 0 Å². The summed E-state index contributed by atoms with van der Waals surface area (Å²) in [4.78, 5) is 0. The zero-order valence-corrected chi connectivity index (χ0v) is 11.8. The first-order valence-corrected chi connectivity index (χ1v) is 7.46. The van der Waals surface area contributed by atoms with Gasteiger partial charge >= 0.3 is 0 Å². The second-order valence-corrected chi connectivity index (χ2v) is 5.57. The van der Waals surface area contributed by atoms with Crippen molar-refractivity contribution < 1.29 is 0 Å². The van der Waals surface area contributed by atoms with Crippen LogP contribution >= 0.6 is 44.1 Å². The lowest BCUT2D eigenvalue weighted by molar-refractivity contribution is 1.16. The molecule has 1 aromatic heterocycles. The Morgan fingerprint density at radius 3 is 2.61 bits per heavy atom. The molecule has 2 rings (SSSR count). The average Bonchev–Trinajstić information content (AvgIpc) is 2.81. The monoisotopic (exact) mass is 314 g/mol. The first-order chi connectivity index (χ1) is 8.70. The maximum atomic E-state index is 8.68. The van der Waals surface area contributed by atoms with Gasteiger partial charge in [0.05, 0.1) is 11.6 Å². The van der Waals surface area contributed by atoms with E-state index in [0.29, 0.717) is 21.0 Å². The van der Waals surface area contributed by atoms with Crippen molar-refractivity contribution in [3.05, 3.63) is 45.2 Å². The highest BCUT2D eigenvalue weighted by atomic mass is 35.5. The van der Waals surface area contributed by atoms with Crippen molar-refractivity contribution in [1.29, 1.82) is 5.26 Å². The van der Waals surface area contributed by atoms with E-state index in [1.54, 1.807) is 24.3 Å². The van der Waals surface area contributed by atoms with E-state index in [4.69, 9.17) is 28.5 Å². The number of halogens is 2. The van der Waals surface area contributed by atoms with E-state index in [0.717, 1.165) is 0 Å². The Labute approximate surface area is 120 Å². The standard InChI is InChI=1S/C10H4Cl2N4S2/c11-8(7-3-1-6(5-13)2-4-7)14-15-10-9(12)16-18-17-10/h1-4H/b14-8-,15-10+. The molecule has 0 saturated heterocycles. The predicted molar refractivity (Wildman–Crippen MR) is 74.1 cm³/mol. The van der Waals surface area contributed by atoms with E-state index in [9.17, 15) is 0 Å². The van der Waals surface area contributed by atoms with Crippen LogP contribution in [0.2, 0.25) is 5.15 Å². The molecule has 0 radical (unpaired) electrons. The van der Waals surface area contributed by atoms with Crippen molar-refractivity contribution in [3.63, 3.8) is 0 Å². The lowest BCUT2D eigenvalue weighted by Crippen LogP contribution is -1.95. The van der Waals surface area contributed by atoms with Crippen molar-refractivity contribution in [2.75, 3.05) is 0 Å². The first kappa shape index (κ1) is 13.2. The van der Waals surface area contributed by atoms with Crippen molar-refractivity contribution in [3.8, 4) is 6.07 Å². The van der Waals surface area contributed by atoms with Crippen LogP contribution in [0.15, 0.2) is 34.5 Å². The molecule has 1 heterocycles. The summed E-state index contributed by atoms with van der Waals surface area (Å²) in [6.45, 7) is 0. The Hall–Kier alpha value is -1.26. The molecule has 18 heavy (non-hydrogen) atoms. The number of aromatic nitrogens is 1. The van der Waals surface area contributed by atoms with Gasteiger partial charge < -0.3 is 0 Å². The molecule has 2 aromatic rings. The first-order valence-electron chi connectivity index (χ1n) is 4.60. The maximum absolute atomic E-state index is 8.68. The smallest absolute Gasteiger partial charge is 0.188 e. The largest absolute Gasteiger partial charge is 0.192 e. The second kappa shape index (κ2) is 6.07. The summed E-state index contributed by atoms with van der Waals surface area (Å²) >= 11 is 11.8. The zero-order chi connectivity index (χ0) is 13.0. The average molecular weight is 315 g/mol. The van der Waals surface area contributed by atoms with Crippen molar-refractivity contribution in [2.24, 2.45) is 10.2 Å². The van der Waals surface area contributed by atoms with E-state index >= 15 is 0 Å². The van der Waals surface area contributed by atoms with Crippen LogP contribution < -0.4 is 4.67 Å². The highest BCUT2D eigenvalue weighted by Crippen LogP contribution is 2.09. The van der Waals surface area contributed by atoms with Gasteiger partial charge in [0.25, 0.3) is 0 Å². The van der Waals surface area contributed by atoms with Gasteiger partial charge in [-0.2, -0.15) is 9.64 Å². The maximum Gasteiger partial charge on any atom is 0.188 e. The molecule has 0 aliphatic heterocycles. The summed E-state index contributed by atoms with van der Waals surface area (Å²) in [7, 11) is 2.55. The molecule has 0 N–H and O–H groups in total. The summed E-state index contributed by atoms with van der Waals surface area (Å²) in [6.07, 6.45) is 0. The van der Waals surface area contributed by atoms with Gasteiger partial charge in [-0.1, -0.05) is 35.3 Å². The number of rotatable bonds is 2. The van der Waals surface area contributed by atoms with E-state index in [2.05, 4.69) is 14.6 Å². The van der Waals surface area contributed by atoms with Gasteiger partial charge in [0.15, 0.2) is 15.0 Å². The summed E-state index contributed by atoms with van der Waals surface area (Å²) < 4.78 is 4.40. The number of nitriles is 1. The van der Waals surface area contributed by atoms with Gasteiger partial charge in [-0.3, -0.25) is 0 Å². The molecule has 0 saturated carbocycles. The fourth-order valence-electron chi connectivity index (χ4n) is 1.05. The Balaban J connectivity index is 2.29. The normalized spacial score (nSPS) is 12.5. The lowest BCUT2D eigenvalue weighted by atomic mass is 10.2. The molecule has 4 nitrogen and oxygen atoms in total. The number of hydrogen-bond acceptors (Lipinski definition) is 6. The van der Waals surface area contributed by atoms with Gasteiger partial charge in [0.1, 0.15) is 0 Å². The number of benzene rings is 1. The number of nitrogens with zero attached hydrogens (tertiary/aromatic N) is 4. The molecule has 90 valence electrons. The molecular weight excluding hydrogens is 311 g/mol. The highest BCUT2D eigenvalue weighted by molar-refractivity contribution is 7.66. The van der Waals surface area contributed by atoms with Crippen LogP contribution in [-0.2, 0) is 0 Å². The Kier molecular flexibility index (Phi) is 4.44. The summed E-state index contributed by atoms with van der Waals surface area (Å²) in [5.41, 5.74) is 1.25. The molecule has 0 bridgehead atoms. The van der Waals surface area contributed by atoms with Gasteiger partial charge in [0.2, 0.25) is 0 Å². The summed E-state index contributed by atoms with van der Waals surface area (Å²) in [6, 6.07) is 8.76. The van der Waals surface area contributed by atoms with Crippen molar-refractivity contribution in [2.45, 2.75) is 0 Å². The minimum atomic E-state index is 0.231. The van der Waals surface area contributed by atoms with Gasteiger partial charge in [-0.05, 0) is 22.5 Å². The van der Waals surface area contributed by atoms with Crippen LogP contribution in [0.25, 0.3) is 0 Å². The topological polar surface area (TPSA) is 61.4 Å². The SMILES string of the molecule is N#Cc1ccc(/C(Cl)=N/N=c2/ssnc2Cl)cc1. The molecule has 8 heteroatoms. The van der Waals surface area contributed by atoms with Gasteiger partial charge in [-0.25, -0.2) is 0 Å². The Morgan fingerprint density at radius 1 is 1.33 bits per heavy atom. The third-order valence-corrected chi connectivity index (χ3v) is 4.35. The molecule has 0 fully saturated rings. The van der Waals surface area contributed by atoms with Crippen LogP contribution in [0.3, 0.4) is 0 Å². The molecule has 1 aromatic carbocycles. The van der Waals surface area contributed by atoms with E-state index in [1.807, 2.05) is 6.07 Å². The third-order valence-electron chi connectivity index (χ3n) is 1.89. The van der Waals surface area contributed by atoms with Crippen LogP contribution in [0.4, 0.5) is 0 Å². The fraction of sp³-hybridized carbons (Fsp3) is 0. The van der Waals surface area contributed by atoms with Crippen LogP contribution in [0, 0.1) is 11.3 Å². The molecule has 0 aliphatic rings. The highest BCUT2D eigenvalue weighted by Gasteiger charge is 2.00. The molecule has 0 aliphatic carbocycles. The molecular formula is C10H4Cl2N4S2. The molecule has 0 amide bonds. The molecule has 0 spiro atoms. The van der Waals surface area contributed by atoms with Crippen LogP contribution in [0.5, 0.6) is 0 Å². The van der Waals surface area contributed by atoms with Crippen LogP contribution in [0.1, 0.15) is 11.1 Å². The predicted octanol–water partition coefficient (Wildman–Crippen LogP) is 3.23. The minimum absolute atomic E-state index is 0.231. The lowest BCUT2D eigenvalue weighted by Gasteiger charge is -1.95. The zero-order valence-electron chi connectivity index (χ0n) is 8.67. The van der Waals surface area contributed by atoms with Crippen LogP contribution in [-0.4, -0.2) is 9.54 Å². The summed E-state index contributed by atoms with van der Waals surface area (Å²) in [5.74, 6) is 0. The van der Waals surface area contributed by atoms with Gasteiger partial charge in [-0.15, -0.1) is 10.2 Å².